The maximum absolute atomic E-state index is 12.6. The van der Waals surface area contributed by atoms with Gasteiger partial charge in [-0.15, -0.1) is 0 Å². The summed E-state index contributed by atoms with van der Waals surface area (Å²) in [5.74, 6) is -0.0510. The predicted molar refractivity (Wildman–Crippen MR) is 377 cm³/mol. The largest absolute Gasteiger partial charge is 0.394 e. The first-order valence-corrected chi connectivity index (χ1v) is 36.4. The monoisotopic (exact) mass is 1160 g/mol. The highest BCUT2D eigenvalue weighted by Gasteiger charge is 2.20. The van der Waals surface area contributed by atoms with Crippen molar-refractivity contribution in [1.82, 2.24) is 5.32 Å². The smallest absolute Gasteiger partial charge is 0.220 e. The van der Waals surface area contributed by atoms with Gasteiger partial charge < -0.3 is 15.5 Å². The van der Waals surface area contributed by atoms with Gasteiger partial charge in [-0.3, -0.25) is 4.79 Å². The zero-order valence-corrected chi connectivity index (χ0v) is 55.6. The van der Waals surface area contributed by atoms with E-state index in [1.54, 1.807) is 0 Å². The van der Waals surface area contributed by atoms with Gasteiger partial charge in [0.05, 0.1) is 18.8 Å². The molecule has 0 radical (unpaired) electrons. The molecule has 0 aromatic carbocycles. The Labute approximate surface area is 523 Å². The molecule has 0 saturated carbocycles. The van der Waals surface area contributed by atoms with Crippen molar-refractivity contribution in [2.24, 2.45) is 0 Å². The van der Waals surface area contributed by atoms with Gasteiger partial charge in [0.1, 0.15) is 0 Å². The van der Waals surface area contributed by atoms with Crippen molar-refractivity contribution < 1.29 is 15.0 Å². The van der Waals surface area contributed by atoms with Gasteiger partial charge in [-0.1, -0.05) is 379 Å². The van der Waals surface area contributed by atoms with Gasteiger partial charge in [-0.25, -0.2) is 0 Å². The van der Waals surface area contributed by atoms with E-state index in [9.17, 15) is 15.0 Å². The van der Waals surface area contributed by atoms with E-state index in [-0.39, 0.29) is 12.5 Å². The summed E-state index contributed by atoms with van der Waals surface area (Å²) in [7, 11) is 0. The number of hydrogen-bond acceptors (Lipinski definition) is 3. The Hall–Kier alpha value is -3.47. The molecule has 0 bridgehead atoms. The Morgan fingerprint density at radius 3 is 0.786 bits per heavy atom. The first-order chi connectivity index (χ1) is 41.7. The second-order valence-corrected chi connectivity index (χ2v) is 24.3. The fourth-order valence-electron chi connectivity index (χ4n) is 10.7. The van der Waals surface area contributed by atoms with Gasteiger partial charge in [0, 0.05) is 6.42 Å². The summed E-state index contributed by atoms with van der Waals surface area (Å²) >= 11 is 0. The Morgan fingerprint density at radius 1 is 0.298 bits per heavy atom. The van der Waals surface area contributed by atoms with E-state index in [4.69, 9.17) is 0 Å². The van der Waals surface area contributed by atoms with Crippen molar-refractivity contribution in [2.45, 2.75) is 360 Å². The number of aliphatic hydroxyl groups excluding tert-OH is 2. The fraction of sp³-hybridized carbons (Fsp3) is 0.713. The molecule has 84 heavy (non-hydrogen) atoms. The molecule has 0 aliphatic heterocycles. The van der Waals surface area contributed by atoms with Crippen LogP contribution in [0.15, 0.2) is 134 Å². The number of unbranched alkanes of at least 4 members (excludes halogenated alkanes) is 37. The van der Waals surface area contributed by atoms with E-state index in [1.807, 2.05) is 0 Å². The van der Waals surface area contributed by atoms with Crippen LogP contribution in [0.1, 0.15) is 348 Å². The molecule has 2 unspecified atom stereocenters. The quantitative estimate of drug-likeness (QED) is 0.0420. The summed E-state index contributed by atoms with van der Waals surface area (Å²) in [4.78, 5) is 12.6. The lowest BCUT2D eigenvalue weighted by molar-refractivity contribution is -0.123. The number of amides is 1. The normalized spacial score (nSPS) is 13.5. The summed E-state index contributed by atoms with van der Waals surface area (Å²) in [6, 6.07) is -0.559. The maximum Gasteiger partial charge on any atom is 0.220 e. The SMILES string of the molecule is CC/C=C\C/C=C\C/C=C\C/C=C\C/C=C\C/C=C\C/C=C\C/C=C\C/C=C\C/C=C\C/C=C\CCCCCCCC(=O)NC(CO)C(O)CCCCCCCCCCCCCCCCCCCCCCCCCCCCCCCCCCC. The lowest BCUT2D eigenvalue weighted by atomic mass is 10.0. The van der Waals surface area contributed by atoms with Crippen LogP contribution in [-0.4, -0.2) is 34.9 Å². The Morgan fingerprint density at radius 2 is 0.524 bits per heavy atom. The first kappa shape index (κ1) is 80.5. The average Bonchev–Trinajstić information content (AvgIpc) is 3.51. The molecule has 2 atom stereocenters. The highest BCUT2D eigenvalue weighted by Crippen LogP contribution is 2.18. The summed E-state index contributed by atoms with van der Waals surface area (Å²) in [6.45, 7) is 4.26. The van der Waals surface area contributed by atoms with Gasteiger partial charge in [0.25, 0.3) is 0 Å². The van der Waals surface area contributed by atoms with Crippen LogP contribution in [0.5, 0.6) is 0 Å². The lowest BCUT2D eigenvalue weighted by Gasteiger charge is -2.22. The van der Waals surface area contributed by atoms with Crippen LogP contribution in [0.4, 0.5) is 0 Å². The topological polar surface area (TPSA) is 69.6 Å². The van der Waals surface area contributed by atoms with Gasteiger partial charge in [-0.05, 0) is 96.3 Å². The lowest BCUT2D eigenvalue weighted by Crippen LogP contribution is -2.45. The standard InChI is InChI=1S/C80H139NO3/c1-3-5-7-9-11-13-15-17-19-21-23-25-27-29-31-33-35-37-38-39-40-41-42-44-46-48-50-52-54-56-58-60-62-64-66-68-70-72-74-76-80(84)81-78(77-82)79(83)75-73-71-69-67-65-63-61-59-57-55-53-51-49-47-45-43-36-34-32-30-28-26-24-22-20-18-16-14-12-10-8-6-4-2/h5,7,11,13,17,19,23,25,29,31,35,37,39-40,42,44,48,50,54,56,60,62,78-79,82-83H,3-4,6,8-10,12,14-16,18,20-22,24,26-28,30,32-34,36,38,41,43,45-47,49,51-53,55,57-59,61,63-77H2,1-2H3,(H,81,84)/b7-5-,13-11-,19-17-,25-23-,31-29-,37-35-,40-39-,44-42-,50-48-,56-54-,62-60-. The van der Waals surface area contributed by atoms with Gasteiger partial charge in [-0.2, -0.15) is 0 Å². The molecule has 482 valence electrons. The number of nitrogens with one attached hydrogen (secondary N) is 1. The molecule has 0 fully saturated rings. The average molecular weight is 1160 g/mol. The molecule has 0 heterocycles. The molecule has 3 N–H and O–H groups in total. The van der Waals surface area contributed by atoms with E-state index >= 15 is 0 Å². The molecule has 0 spiro atoms. The van der Waals surface area contributed by atoms with Crippen molar-refractivity contribution in [3.05, 3.63) is 134 Å². The van der Waals surface area contributed by atoms with Crippen LogP contribution in [0, 0.1) is 0 Å². The van der Waals surface area contributed by atoms with Crippen molar-refractivity contribution >= 4 is 5.91 Å². The zero-order chi connectivity index (χ0) is 60.5. The van der Waals surface area contributed by atoms with Crippen LogP contribution in [-0.2, 0) is 4.79 Å². The van der Waals surface area contributed by atoms with Crippen molar-refractivity contribution in [2.75, 3.05) is 6.61 Å². The van der Waals surface area contributed by atoms with E-state index in [0.29, 0.717) is 12.8 Å². The molecule has 4 heteroatoms. The third-order valence-corrected chi connectivity index (χ3v) is 16.2. The fourth-order valence-corrected chi connectivity index (χ4v) is 10.7. The minimum Gasteiger partial charge on any atom is -0.394 e. The first-order valence-electron chi connectivity index (χ1n) is 36.4. The number of rotatable bonds is 66. The number of carbonyl (C=O) groups is 1. The van der Waals surface area contributed by atoms with Crippen LogP contribution in [0.25, 0.3) is 0 Å². The summed E-state index contributed by atoms with van der Waals surface area (Å²) in [5, 5.41) is 23.5. The Kier molecular flexibility index (Phi) is 70.7. The van der Waals surface area contributed by atoms with Crippen molar-refractivity contribution in [3.8, 4) is 0 Å². The van der Waals surface area contributed by atoms with Crippen LogP contribution in [0.2, 0.25) is 0 Å². The molecule has 0 aliphatic carbocycles. The second-order valence-electron chi connectivity index (χ2n) is 24.3. The molecular weight excluding hydrogens is 1020 g/mol. The molecule has 1 amide bonds. The summed E-state index contributed by atoms with van der Waals surface area (Å²) in [6.07, 6.45) is 114. The van der Waals surface area contributed by atoms with E-state index in [2.05, 4.69) is 153 Å². The molecule has 0 aromatic rings. The van der Waals surface area contributed by atoms with Crippen LogP contribution < -0.4 is 5.32 Å². The minimum atomic E-state index is -0.680. The van der Waals surface area contributed by atoms with Gasteiger partial charge in [0.15, 0.2) is 0 Å². The molecular formula is C80H139NO3. The number of aliphatic hydroxyl groups is 2. The molecule has 0 rings (SSSR count). The second kappa shape index (κ2) is 73.8. The van der Waals surface area contributed by atoms with Gasteiger partial charge >= 0.3 is 0 Å². The predicted octanol–water partition coefficient (Wildman–Crippen LogP) is 25.3. The Balaban J connectivity index is 3.55. The molecule has 0 aromatic heterocycles. The van der Waals surface area contributed by atoms with Crippen LogP contribution in [0.3, 0.4) is 0 Å². The summed E-state index contributed by atoms with van der Waals surface area (Å²) < 4.78 is 0. The molecule has 4 nitrogen and oxygen atoms in total. The maximum atomic E-state index is 12.6. The van der Waals surface area contributed by atoms with E-state index < -0.39 is 12.1 Å². The number of allylic oxidation sites excluding steroid dienone is 22. The zero-order valence-electron chi connectivity index (χ0n) is 55.6. The number of hydrogen-bond donors (Lipinski definition) is 3. The highest BCUT2D eigenvalue weighted by atomic mass is 16.3. The Bertz CT molecular complexity index is 1650. The minimum absolute atomic E-state index is 0.0510. The molecule has 0 aliphatic rings. The summed E-state index contributed by atoms with van der Waals surface area (Å²) in [5.41, 5.74) is 0. The van der Waals surface area contributed by atoms with E-state index in [1.165, 1.54) is 212 Å². The third kappa shape index (κ3) is 69.3. The number of carbonyl (C=O) groups excluding carboxylic acids is 1. The molecule has 0 saturated heterocycles. The third-order valence-electron chi connectivity index (χ3n) is 16.2. The van der Waals surface area contributed by atoms with Gasteiger partial charge in [0.2, 0.25) is 5.91 Å². The van der Waals surface area contributed by atoms with E-state index in [0.717, 1.165) is 109 Å². The van der Waals surface area contributed by atoms with Crippen LogP contribution >= 0.6 is 0 Å². The van der Waals surface area contributed by atoms with Crippen molar-refractivity contribution in [1.29, 1.82) is 0 Å². The highest BCUT2D eigenvalue weighted by molar-refractivity contribution is 5.76. The van der Waals surface area contributed by atoms with Crippen molar-refractivity contribution in [3.63, 3.8) is 0 Å².